The lowest BCUT2D eigenvalue weighted by molar-refractivity contribution is 0.188. The zero-order valence-corrected chi connectivity index (χ0v) is 11.7. The Labute approximate surface area is 110 Å². The van der Waals surface area contributed by atoms with Gasteiger partial charge in [0, 0.05) is 31.5 Å². The summed E-state index contributed by atoms with van der Waals surface area (Å²) < 4.78 is 5.11. The minimum absolute atomic E-state index is 0.271. The minimum atomic E-state index is 0.271. The Balaban J connectivity index is 2.75. The van der Waals surface area contributed by atoms with Crippen molar-refractivity contribution in [3.63, 3.8) is 0 Å². The van der Waals surface area contributed by atoms with E-state index in [4.69, 9.17) is 10.5 Å². The molecule has 0 saturated heterocycles. The lowest BCUT2D eigenvalue weighted by Crippen LogP contribution is -2.24. The molecule has 1 heterocycles. The number of methoxy groups -OCH3 is 1. The third-order valence-electron chi connectivity index (χ3n) is 2.94. The predicted molar refractivity (Wildman–Crippen MR) is 75.5 cm³/mol. The third-order valence-corrected chi connectivity index (χ3v) is 2.94. The van der Waals surface area contributed by atoms with Gasteiger partial charge in [-0.1, -0.05) is 6.92 Å². The van der Waals surface area contributed by atoms with Crippen molar-refractivity contribution in [3.8, 4) is 0 Å². The summed E-state index contributed by atoms with van der Waals surface area (Å²) in [6.07, 6.45) is 4.96. The molecule has 0 aliphatic carbocycles. The molecule has 0 spiro atoms. The van der Waals surface area contributed by atoms with E-state index in [9.17, 15) is 0 Å². The summed E-state index contributed by atoms with van der Waals surface area (Å²) in [5.41, 5.74) is 8.24. The molecule has 0 aliphatic rings. The van der Waals surface area contributed by atoms with Crippen LogP contribution in [0.3, 0.4) is 0 Å². The average Bonchev–Trinajstić information content (AvgIpc) is 2.37. The number of hydrogen-bond donors (Lipinski definition) is 2. The Morgan fingerprint density at radius 1 is 1.50 bits per heavy atom. The minimum Gasteiger partial charge on any atom is -0.385 e. The van der Waals surface area contributed by atoms with Gasteiger partial charge in [-0.3, -0.25) is 0 Å². The molecule has 0 amide bonds. The van der Waals surface area contributed by atoms with E-state index in [1.54, 1.807) is 7.11 Å². The maximum Gasteiger partial charge on any atom is 0.128 e. The molecule has 1 unspecified atom stereocenters. The lowest BCUT2D eigenvalue weighted by Gasteiger charge is -2.20. The molecule has 3 N–H and O–H groups in total. The van der Waals surface area contributed by atoms with Gasteiger partial charge in [0.15, 0.2) is 0 Å². The molecule has 0 saturated carbocycles. The van der Waals surface area contributed by atoms with Crippen LogP contribution < -0.4 is 11.1 Å². The molecule has 102 valence electrons. The average molecular weight is 251 g/mol. The molecule has 0 aromatic carbocycles. The maximum absolute atomic E-state index is 5.98. The van der Waals surface area contributed by atoms with E-state index in [-0.39, 0.29) is 6.04 Å². The summed E-state index contributed by atoms with van der Waals surface area (Å²) in [5, 5.41) is 3.54. The van der Waals surface area contributed by atoms with Crippen LogP contribution in [0.25, 0.3) is 0 Å². The number of aryl methyl sites for hydroxylation is 1. The molecule has 4 nitrogen and oxygen atoms in total. The topological polar surface area (TPSA) is 60.2 Å². The Bertz CT molecular complexity index is 355. The Kier molecular flexibility index (Phi) is 6.68. The van der Waals surface area contributed by atoms with Crippen molar-refractivity contribution in [3.05, 3.63) is 23.4 Å². The number of aromatic nitrogens is 1. The molecule has 1 rings (SSSR count). The first kappa shape index (κ1) is 14.9. The van der Waals surface area contributed by atoms with E-state index in [1.807, 2.05) is 13.1 Å². The summed E-state index contributed by atoms with van der Waals surface area (Å²) in [6, 6.07) is 2.40. The van der Waals surface area contributed by atoms with Gasteiger partial charge in [-0.2, -0.15) is 0 Å². The molecule has 0 aliphatic heterocycles. The number of rotatable bonds is 8. The van der Waals surface area contributed by atoms with Crippen LogP contribution in [0, 0.1) is 6.92 Å². The number of anilines is 1. The molecule has 1 atom stereocenters. The van der Waals surface area contributed by atoms with Crippen LogP contribution in [0.15, 0.2) is 12.3 Å². The van der Waals surface area contributed by atoms with Gasteiger partial charge in [0.1, 0.15) is 5.82 Å². The molecular formula is C14H25N3O. The SMILES string of the molecule is CCCNC(CCCOC)c1cc(C)cnc1N. The van der Waals surface area contributed by atoms with Crippen molar-refractivity contribution >= 4 is 5.82 Å². The van der Waals surface area contributed by atoms with Crippen LogP contribution >= 0.6 is 0 Å². The van der Waals surface area contributed by atoms with Gasteiger partial charge in [0.25, 0.3) is 0 Å². The van der Waals surface area contributed by atoms with E-state index in [2.05, 4.69) is 23.3 Å². The van der Waals surface area contributed by atoms with Gasteiger partial charge < -0.3 is 15.8 Å². The van der Waals surface area contributed by atoms with Gasteiger partial charge in [0.2, 0.25) is 0 Å². The second kappa shape index (κ2) is 8.06. The summed E-state index contributed by atoms with van der Waals surface area (Å²) in [7, 11) is 1.73. The number of nitrogens with one attached hydrogen (secondary N) is 1. The largest absolute Gasteiger partial charge is 0.385 e. The second-order valence-electron chi connectivity index (χ2n) is 4.63. The third kappa shape index (κ3) is 4.63. The number of pyridine rings is 1. The van der Waals surface area contributed by atoms with Crippen LogP contribution in [0.4, 0.5) is 5.82 Å². The van der Waals surface area contributed by atoms with Crippen molar-refractivity contribution in [2.75, 3.05) is 26.0 Å². The summed E-state index contributed by atoms with van der Waals surface area (Å²) in [5.74, 6) is 0.631. The van der Waals surface area contributed by atoms with Crippen molar-refractivity contribution in [1.29, 1.82) is 0 Å². The quantitative estimate of drug-likeness (QED) is 0.697. The number of ether oxygens (including phenoxy) is 1. The first-order valence-electron chi connectivity index (χ1n) is 6.63. The normalized spacial score (nSPS) is 12.6. The van der Waals surface area contributed by atoms with E-state index in [0.29, 0.717) is 5.82 Å². The second-order valence-corrected chi connectivity index (χ2v) is 4.63. The maximum atomic E-state index is 5.98. The number of nitrogens with zero attached hydrogens (tertiary/aromatic N) is 1. The lowest BCUT2D eigenvalue weighted by atomic mass is 10.0. The summed E-state index contributed by atoms with van der Waals surface area (Å²) in [6.45, 7) is 5.98. The van der Waals surface area contributed by atoms with E-state index >= 15 is 0 Å². The van der Waals surface area contributed by atoms with Gasteiger partial charge in [-0.25, -0.2) is 4.98 Å². The van der Waals surface area contributed by atoms with Crippen molar-refractivity contribution < 1.29 is 4.74 Å². The first-order valence-corrected chi connectivity index (χ1v) is 6.63. The Morgan fingerprint density at radius 3 is 2.94 bits per heavy atom. The number of hydrogen-bond acceptors (Lipinski definition) is 4. The zero-order chi connectivity index (χ0) is 13.4. The molecular weight excluding hydrogens is 226 g/mol. The highest BCUT2D eigenvalue weighted by Crippen LogP contribution is 2.23. The highest BCUT2D eigenvalue weighted by Gasteiger charge is 2.14. The van der Waals surface area contributed by atoms with Gasteiger partial charge in [-0.05, 0) is 44.4 Å². The van der Waals surface area contributed by atoms with Gasteiger partial charge in [-0.15, -0.1) is 0 Å². The van der Waals surface area contributed by atoms with E-state index in [0.717, 1.165) is 43.5 Å². The van der Waals surface area contributed by atoms with Gasteiger partial charge in [0.05, 0.1) is 0 Å². The fraction of sp³-hybridized carbons (Fsp3) is 0.643. The fourth-order valence-corrected chi connectivity index (χ4v) is 2.00. The number of nitrogen functional groups attached to an aromatic ring is 1. The summed E-state index contributed by atoms with van der Waals surface area (Å²) >= 11 is 0. The van der Waals surface area contributed by atoms with Crippen molar-refractivity contribution in [2.24, 2.45) is 0 Å². The van der Waals surface area contributed by atoms with Crippen molar-refractivity contribution in [1.82, 2.24) is 10.3 Å². The molecule has 0 radical (unpaired) electrons. The molecule has 4 heteroatoms. The number of nitrogens with two attached hydrogens (primary N) is 1. The monoisotopic (exact) mass is 251 g/mol. The van der Waals surface area contributed by atoms with Crippen LogP contribution in [-0.4, -0.2) is 25.2 Å². The molecule has 1 aromatic heterocycles. The molecule has 0 fully saturated rings. The predicted octanol–water partition coefficient (Wildman–Crippen LogP) is 2.44. The first-order chi connectivity index (χ1) is 8.69. The standard InChI is InChI=1S/C14H25N3O/c1-4-7-16-13(6-5-8-18-3)12-9-11(2)10-17-14(12)15/h9-10,13,16H,4-8H2,1-3H3,(H2,15,17). The highest BCUT2D eigenvalue weighted by atomic mass is 16.5. The van der Waals surface area contributed by atoms with Crippen LogP contribution in [0.2, 0.25) is 0 Å². The van der Waals surface area contributed by atoms with Crippen molar-refractivity contribution in [2.45, 2.75) is 39.2 Å². The van der Waals surface area contributed by atoms with Crippen LogP contribution in [0.1, 0.15) is 43.4 Å². The van der Waals surface area contributed by atoms with Crippen LogP contribution in [-0.2, 0) is 4.74 Å². The molecule has 18 heavy (non-hydrogen) atoms. The van der Waals surface area contributed by atoms with E-state index in [1.165, 1.54) is 0 Å². The highest BCUT2D eigenvalue weighted by molar-refractivity contribution is 5.42. The van der Waals surface area contributed by atoms with Gasteiger partial charge >= 0.3 is 0 Å². The fourth-order valence-electron chi connectivity index (χ4n) is 2.00. The molecule has 0 bridgehead atoms. The smallest absolute Gasteiger partial charge is 0.128 e. The Morgan fingerprint density at radius 2 is 2.28 bits per heavy atom. The Hall–Kier alpha value is -1.13. The van der Waals surface area contributed by atoms with Crippen LogP contribution in [0.5, 0.6) is 0 Å². The zero-order valence-electron chi connectivity index (χ0n) is 11.7. The molecule has 1 aromatic rings. The summed E-state index contributed by atoms with van der Waals surface area (Å²) in [4.78, 5) is 4.24. The van der Waals surface area contributed by atoms with E-state index < -0.39 is 0 Å².